The molecule has 0 unspecified atom stereocenters. The Morgan fingerprint density at radius 1 is 0.944 bits per heavy atom. The summed E-state index contributed by atoms with van der Waals surface area (Å²) in [6.45, 7) is 1.89. The predicted molar refractivity (Wildman–Crippen MR) is 72.5 cm³/mol. The van der Waals surface area contributed by atoms with Crippen molar-refractivity contribution in [3.63, 3.8) is 0 Å². The zero-order valence-corrected chi connectivity index (χ0v) is 10.5. The summed E-state index contributed by atoms with van der Waals surface area (Å²) in [6, 6.07) is 13.6. The van der Waals surface area contributed by atoms with Crippen LogP contribution in [-0.2, 0) is 0 Å². The molecular formula is C14H10ClN3. The molecule has 4 heteroatoms. The van der Waals surface area contributed by atoms with Crippen LogP contribution in [0.4, 0.5) is 0 Å². The molecule has 0 atom stereocenters. The molecule has 3 nitrogen and oxygen atoms in total. The molecule has 0 saturated heterocycles. The number of aromatic nitrogens is 3. The van der Waals surface area contributed by atoms with Crippen molar-refractivity contribution in [1.82, 2.24) is 15.0 Å². The van der Waals surface area contributed by atoms with Crippen molar-refractivity contribution in [3.05, 3.63) is 53.3 Å². The largest absolute Gasteiger partial charge is 0.244 e. The Balaban J connectivity index is 2.19. The van der Waals surface area contributed by atoms with Gasteiger partial charge in [0.15, 0.2) is 5.82 Å². The summed E-state index contributed by atoms with van der Waals surface area (Å²) in [5, 5.41) is 1.53. The highest BCUT2D eigenvalue weighted by Gasteiger charge is 2.06. The molecule has 0 aliphatic carbocycles. The Hall–Kier alpha value is -2.00. The van der Waals surface area contributed by atoms with Crippen LogP contribution in [0.1, 0.15) is 5.69 Å². The first-order chi connectivity index (χ1) is 8.72. The second-order valence-corrected chi connectivity index (χ2v) is 4.43. The standard InChI is InChI=1S/C14H10ClN3/c1-9-8-13(15)18-14(16-9)12-7-6-10-4-2-3-5-11(10)17-12/h2-8H,1H3. The van der Waals surface area contributed by atoms with E-state index >= 15 is 0 Å². The highest BCUT2D eigenvalue weighted by atomic mass is 35.5. The van der Waals surface area contributed by atoms with E-state index in [-0.39, 0.29) is 0 Å². The second-order valence-electron chi connectivity index (χ2n) is 4.04. The molecule has 0 bridgehead atoms. The fourth-order valence-electron chi connectivity index (χ4n) is 1.84. The van der Waals surface area contributed by atoms with Gasteiger partial charge in [-0.2, -0.15) is 0 Å². The quantitative estimate of drug-likeness (QED) is 0.623. The summed E-state index contributed by atoms with van der Waals surface area (Å²) in [7, 11) is 0. The number of rotatable bonds is 1. The van der Waals surface area contributed by atoms with E-state index in [4.69, 9.17) is 11.6 Å². The van der Waals surface area contributed by atoms with Crippen molar-refractivity contribution in [2.45, 2.75) is 6.92 Å². The maximum atomic E-state index is 5.94. The summed E-state index contributed by atoms with van der Waals surface area (Å²) in [6.07, 6.45) is 0. The van der Waals surface area contributed by atoms with E-state index in [1.165, 1.54) is 0 Å². The van der Waals surface area contributed by atoms with E-state index in [9.17, 15) is 0 Å². The molecule has 0 aliphatic heterocycles. The maximum absolute atomic E-state index is 5.94. The lowest BCUT2D eigenvalue weighted by Crippen LogP contribution is -1.94. The lowest BCUT2D eigenvalue weighted by molar-refractivity contribution is 1.10. The smallest absolute Gasteiger partial charge is 0.179 e. The number of benzene rings is 1. The van der Waals surface area contributed by atoms with Crippen LogP contribution in [0.5, 0.6) is 0 Å². The molecule has 0 aliphatic rings. The van der Waals surface area contributed by atoms with Crippen LogP contribution in [-0.4, -0.2) is 15.0 Å². The van der Waals surface area contributed by atoms with E-state index < -0.39 is 0 Å². The minimum atomic E-state index is 0.437. The van der Waals surface area contributed by atoms with Gasteiger partial charge in [-0.25, -0.2) is 15.0 Å². The number of fused-ring (bicyclic) bond motifs is 1. The minimum Gasteiger partial charge on any atom is -0.244 e. The fourth-order valence-corrected chi connectivity index (χ4v) is 2.07. The number of pyridine rings is 1. The van der Waals surface area contributed by atoms with E-state index in [0.717, 1.165) is 22.3 Å². The number of para-hydroxylation sites is 1. The van der Waals surface area contributed by atoms with Gasteiger partial charge in [0.2, 0.25) is 0 Å². The highest BCUT2D eigenvalue weighted by molar-refractivity contribution is 6.29. The van der Waals surface area contributed by atoms with Gasteiger partial charge in [-0.3, -0.25) is 0 Å². The second kappa shape index (κ2) is 4.35. The van der Waals surface area contributed by atoms with Gasteiger partial charge in [0.25, 0.3) is 0 Å². The van der Waals surface area contributed by atoms with E-state index in [2.05, 4.69) is 15.0 Å². The van der Waals surface area contributed by atoms with Crippen LogP contribution in [0.15, 0.2) is 42.5 Å². The van der Waals surface area contributed by atoms with Crippen molar-refractivity contribution in [2.75, 3.05) is 0 Å². The summed E-state index contributed by atoms with van der Waals surface area (Å²) in [4.78, 5) is 13.1. The first kappa shape index (κ1) is 11.1. The molecule has 0 amide bonds. The molecule has 2 aromatic heterocycles. The lowest BCUT2D eigenvalue weighted by Gasteiger charge is -2.03. The molecule has 3 aromatic rings. The van der Waals surface area contributed by atoms with Gasteiger partial charge in [-0.15, -0.1) is 0 Å². The Kier molecular flexibility index (Phi) is 2.68. The first-order valence-corrected chi connectivity index (χ1v) is 5.97. The highest BCUT2D eigenvalue weighted by Crippen LogP contribution is 2.19. The molecule has 0 fully saturated rings. The predicted octanol–water partition coefficient (Wildman–Crippen LogP) is 3.65. The van der Waals surface area contributed by atoms with Crippen LogP contribution < -0.4 is 0 Å². The SMILES string of the molecule is Cc1cc(Cl)nc(-c2ccc3ccccc3n2)n1. The normalized spacial score (nSPS) is 10.8. The monoisotopic (exact) mass is 255 g/mol. The number of hydrogen-bond acceptors (Lipinski definition) is 3. The first-order valence-electron chi connectivity index (χ1n) is 5.60. The van der Waals surface area contributed by atoms with E-state index in [1.807, 2.05) is 43.3 Å². The average molecular weight is 256 g/mol. The van der Waals surface area contributed by atoms with Crippen molar-refractivity contribution in [3.8, 4) is 11.5 Å². The average Bonchev–Trinajstić information content (AvgIpc) is 2.37. The van der Waals surface area contributed by atoms with Crippen molar-refractivity contribution >= 4 is 22.5 Å². The third-order valence-electron chi connectivity index (χ3n) is 2.65. The number of halogens is 1. The summed E-state index contributed by atoms with van der Waals surface area (Å²) in [5.74, 6) is 0.561. The molecule has 1 aromatic carbocycles. The van der Waals surface area contributed by atoms with E-state index in [1.54, 1.807) is 6.07 Å². The Morgan fingerprint density at radius 2 is 1.78 bits per heavy atom. The molecule has 18 heavy (non-hydrogen) atoms. The van der Waals surface area contributed by atoms with Gasteiger partial charge in [-0.05, 0) is 25.1 Å². The van der Waals surface area contributed by atoms with Crippen LogP contribution in [0.25, 0.3) is 22.4 Å². The lowest BCUT2D eigenvalue weighted by atomic mass is 10.2. The van der Waals surface area contributed by atoms with Gasteiger partial charge in [-0.1, -0.05) is 35.9 Å². The Labute approximate surface area is 109 Å². The fraction of sp³-hybridized carbons (Fsp3) is 0.0714. The van der Waals surface area contributed by atoms with Gasteiger partial charge in [0.05, 0.1) is 5.52 Å². The molecule has 2 heterocycles. The minimum absolute atomic E-state index is 0.437. The molecule has 88 valence electrons. The molecule has 3 rings (SSSR count). The topological polar surface area (TPSA) is 38.7 Å². The van der Waals surface area contributed by atoms with Crippen molar-refractivity contribution in [1.29, 1.82) is 0 Å². The van der Waals surface area contributed by atoms with E-state index in [0.29, 0.717) is 11.0 Å². The molecule has 0 spiro atoms. The van der Waals surface area contributed by atoms with Gasteiger partial charge >= 0.3 is 0 Å². The Bertz CT molecular complexity index is 705. The molecule has 0 saturated carbocycles. The van der Waals surface area contributed by atoms with Crippen LogP contribution in [0.2, 0.25) is 5.15 Å². The van der Waals surface area contributed by atoms with Crippen LogP contribution in [0.3, 0.4) is 0 Å². The van der Waals surface area contributed by atoms with Crippen molar-refractivity contribution in [2.24, 2.45) is 0 Å². The van der Waals surface area contributed by atoms with Gasteiger partial charge in [0.1, 0.15) is 10.8 Å². The maximum Gasteiger partial charge on any atom is 0.179 e. The molecule has 0 N–H and O–H groups in total. The van der Waals surface area contributed by atoms with Crippen LogP contribution >= 0.6 is 11.6 Å². The Morgan fingerprint density at radius 3 is 2.61 bits per heavy atom. The van der Waals surface area contributed by atoms with Crippen molar-refractivity contribution < 1.29 is 0 Å². The van der Waals surface area contributed by atoms with Gasteiger partial charge < -0.3 is 0 Å². The number of aryl methyl sites for hydroxylation is 1. The zero-order chi connectivity index (χ0) is 12.5. The number of hydrogen-bond donors (Lipinski definition) is 0. The summed E-state index contributed by atoms with van der Waals surface area (Å²) < 4.78 is 0. The summed E-state index contributed by atoms with van der Waals surface area (Å²) in [5.41, 5.74) is 2.50. The zero-order valence-electron chi connectivity index (χ0n) is 9.76. The van der Waals surface area contributed by atoms with Crippen LogP contribution in [0, 0.1) is 6.92 Å². The molecule has 0 radical (unpaired) electrons. The summed E-state index contributed by atoms with van der Waals surface area (Å²) >= 11 is 5.94. The third kappa shape index (κ3) is 2.05. The molecular weight excluding hydrogens is 246 g/mol. The third-order valence-corrected chi connectivity index (χ3v) is 2.84. The van der Waals surface area contributed by atoms with Gasteiger partial charge in [0, 0.05) is 11.1 Å². The number of nitrogens with zero attached hydrogens (tertiary/aromatic N) is 3.